The first kappa shape index (κ1) is 15.4. The number of nitrogens with zero attached hydrogens (tertiary/aromatic N) is 1. The fourth-order valence-corrected chi connectivity index (χ4v) is 2.83. The molecule has 1 heterocycles. The molecule has 0 radical (unpaired) electrons. The zero-order chi connectivity index (χ0) is 13.7. The first-order chi connectivity index (χ1) is 8.47. The lowest BCUT2D eigenvalue weighted by molar-refractivity contribution is -0.126. The molecule has 1 aliphatic rings. The lowest BCUT2D eigenvalue weighted by atomic mass is 10.2. The standard InChI is InChI=1S/C14H28N2O2/c1-5-13(17)8-9-15-14(18)12(4)16-10(2)6-7-11(16)3/h10-13,17H,5-9H2,1-4H3,(H,15,18). The van der Waals surface area contributed by atoms with Gasteiger partial charge in [0.25, 0.3) is 0 Å². The SMILES string of the molecule is CCC(O)CCNC(=O)C(C)N1C(C)CCC1C. The van der Waals surface area contributed by atoms with Crippen molar-refractivity contribution in [1.82, 2.24) is 10.2 Å². The van der Waals surface area contributed by atoms with Crippen molar-refractivity contribution in [3.8, 4) is 0 Å². The van der Waals surface area contributed by atoms with E-state index in [0.717, 1.165) is 6.42 Å². The van der Waals surface area contributed by atoms with Gasteiger partial charge in [-0.25, -0.2) is 0 Å². The van der Waals surface area contributed by atoms with Crippen LogP contribution < -0.4 is 5.32 Å². The minimum atomic E-state index is -0.301. The highest BCUT2D eigenvalue weighted by Gasteiger charge is 2.34. The van der Waals surface area contributed by atoms with Gasteiger partial charge in [0.15, 0.2) is 0 Å². The molecule has 4 nitrogen and oxygen atoms in total. The monoisotopic (exact) mass is 256 g/mol. The average Bonchev–Trinajstić information content (AvgIpc) is 2.67. The van der Waals surface area contributed by atoms with Crippen LogP contribution in [0, 0.1) is 0 Å². The number of nitrogens with one attached hydrogen (secondary N) is 1. The Morgan fingerprint density at radius 3 is 2.44 bits per heavy atom. The van der Waals surface area contributed by atoms with E-state index in [-0.39, 0.29) is 18.1 Å². The van der Waals surface area contributed by atoms with Crippen LogP contribution >= 0.6 is 0 Å². The van der Waals surface area contributed by atoms with Crippen molar-refractivity contribution < 1.29 is 9.90 Å². The Labute approximate surface area is 111 Å². The maximum atomic E-state index is 12.1. The molecule has 106 valence electrons. The zero-order valence-electron chi connectivity index (χ0n) is 12.1. The molecule has 0 saturated carbocycles. The first-order valence-corrected chi connectivity index (χ1v) is 7.20. The van der Waals surface area contributed by atoms with Gasteiger partial charge in [-0.2, -0.15) is 0 Å². The van der Waals surface area contributed by atoms with Crippen molar-refractivity contribution in [2.45, 2.75) is 77.6 Å². The zero-order valence-corrected chi connectivity index (χ0v) is 12.1. The molecule has 18 heavy (non-hydrogen) atoms. The second kappa shape index (κ2) is 7.10. The van der Waals surface area contributed by atoms with Crippen LogP contribution in [0.25, 0.3) is 0 Å². The van der Waals surface area contributed by atoms with Gasteiger partial charge in [-0.3, -0.25) is 9.69 Å². The first-order valence-electron chi connectivity index (χ1n) is 7.20. The van der Waals surface area contributed by atoms with E-state index in [4.69, 9.17) is 0 Å². The fourth-order valence-electron chi connectivity index (χ4n) is 2.83. The number of amides is 1. The number of rotatable bonds is 6. The smallest absolute Gasteiger partial charge is 0.237 e. The summed E-state index contributed by atoms with van der Waals surface area (Å²) in [6.07, 6.45) is 3.43. The molecule has 1 fully saturated rings. The number of hydrogen-bond donors (Lipinski definition) is 2. The predicted octanol–water partition coefficient (Wildman–Crippen LogP) is 1.52. The summed E-state index contributed by atoms with van der Waals surface area (Å²) in [5.74, 6) is 0.0823. The molecule has 1 saturated heterocycles. The lowest BCUT2D eigenvalue weighted by Gasteiger charge is -2.31. The van der Waals surface area contributed by atoms with Crippen LogP contribution in [0.1, 0.15) is 53.4 Å². The maximum Gasteiger partial charge on any atom is 0.237 e. The van der Waals surface area contributed by atoms with E-state index >= 15 is 0 Å². The van der Waals surface area contributed by atoms with Crippen molar-refractivity contribution in [3.05, 3.63) is 0 Å². The fraction of sp³-hybridized carbons (Fsp3) is 0.929. The number of carbonyl (C=O) groups excluding carboxylic acids is 1. The highest BCUT2D eigenvalue weighted by atomic mass is 16.3. The van der Waals surface area contributed by atoms with Gasteiger partial charge in [0, 0.05) is 18.6 Å². The number of likely N-dealkylation sites (tertiary alicyclic amines) is 1. The Morgan fingerprint density at radius 2 is 1.94 bits per heavy atom. The van der Waals surface area contributed by atoms with Gasteiger partial charge in [-0.1, -0.05) is 6.92 Å². The van der Waals surface area contributed by atoms with Gasteiger partial charge in [-0.15, -0.1) is 0 Å². The normalized spacial score (nSPS) is 28.1. The highest BCUT2D eigenvalue weighted by Crippen LogP contribution is 2.25. The molecule has 0 aliphatic carbocycles. The third-order valence-corrected chi connectivity index (χ3v) is 4.09. The van der Waals surface area contributed by atoms with E-state index in [9.17, 15) is 9.90 Å². The van der Waals surface area contributed by atoms with Crippen LogP contribution in [0.15, 0.2) is 0 Å². The topological polar surface area (TPSA) is 52.6 Å². The number of carbonyl (C=O) groups is 1. The van der Waals surface area contributed by atoms with Crippen LogP contribution in [0.5, 0.6) is 0 Å². The summed E-state index contributed by atoms with van der Waals surface area (Å²) < 4.78 is 0. The van der Waals surface area contributed by atoms with E-state index in [0.29, 0.717) is 25.0 Å². The molecule has 4 heteroatoms. The van der Waals surface area contributed by atoms with Crippen molar-refractivity contribution in [2.24, 2.45) is 0 Å². The van der Waals surface area contributed by atoms with E-state index in [2.05, 4.69) is 24.1 Å². The lowest BCUT2D eigenvalue weighted by Crippen LogP contribution is -2.49. The van der Waals surface area contributed by atoms with Crippen LogP contribution in [-0.4, -0.2) is 46.7 Å². The molecule has 4 unspecified atom stereocenters. The van der Waals surface area contributed by atoms with Gasteiger partial charge >= 0.3 is 0 Å². The molecule has 1 amide bonds. The Kier molecular flexibility index (Phi) is 6.09. The predicted molar refractivity (Wildman–Crippen MR) is 73.4 cm³/mol. The molecule has 1 rings (SSSR count). The van der Waals surface area contributed by atoms with Crippen molar-refractivity contribution >= 4 is 5.91 Å². The minimum absolute atomic E-state index is 0.0729. The molecule has 2 N–H and O–H groups in total. The quantitative estimate of drug-likeness (QED) is 0.757. The summed E-state index contributed by atoms with van der Waals surface area (Å²) >= 11 is 0. The van der Waals surface area contributed by atoms with Crippen molar-refractivity contribution in [3.63, 3.8) is 0 Å². The average molecular weight is 256 g/mol. The van der Waals surface area contributed by atoms with Crippen molar-refractivity contribution in [2.75, 3.05) is 6.54 Å². The third-order valence-electron chi connectivity index (χ3n) is 4.09. The van der Waals surface area contributed by atoms with Gasteiger partial charge in [0.05, 0.1) is 12.1 Å². The van der Waals surface area contributed by atoms with Gasteiger partial charge in [-0.05, 0) is 46.5 Å². The molecule has 0 aromatic rings. The summed E-state index contributed by atoms with van der Waals surface area (Å²) in [4.78, 5) is 14.4. The molecule has 4 atom stereocenters. The van der Waals surface area contributed by atoms with Crippen LogP contribution in [0.3, 0.4) is 0 Å². The number of aliphatic hydroxyl groups excluding tert-OH is 1. The highest BCUT2D eigenvalue weighted by molar-refractivity contribution is 5.81. The second-order valence-electron chi connectivity index (χ2n) is 5.54. The van der Waals surface area contributed by atoms with Gasteiger partial charge in [0.2, 0.25) is 5.91 Å². The molecule has 0 aromatic heterocycles. The molecule has 0 spiro atoms. The second-order valence-corrected chi connectivity index (χ2v) is 5.54. The molecule has 0 bridgehead atoms. The number of hydrogen-bond acceptors (Lipinski definition) is 3. The summed E-state index contributed by atoms with van der Waals surface area (Å²) in [6, 6.07) is 0.903. The van der Waals surface area contributed by atoms with Crippen LogP contribution in [0.4, 0.5) is 0 Å². The molecule has 1 aliphatic heterocycles. The maximum absolute atomic E-state index is 12.1. The van der Waals surface area contributed by atoms with Crippen LogP contribution in [0.2, 0.25) is 0 Å². The summed E-state index contributed by atoms with van der Waals surface area (Å²) in [6.45, 7) is 8.86. The number of aliphatic hydroxyl groups is 1. The van der Waals surface area contributed by atoms with Gasteiger partial charge < -0.3 is 10.4 Å². The minimum Gasteiger partial charge on any atom is -0.393 e. The Balaban J connectivity index is 2.37. The van der Waals surface area contributed by atoms with Gasteiger partial charge in [0.1, 0.15) is 0 Å². The van der Waals surface area contributed by atoms with Crippen LogP contribution in [-0.2, 0) is 4.79 Å². The van der Waals surface area contributed by atoms with E-state index in [1.165, 1.54) is 12.8 Å². The molecule has 0 aromatic carbocycles. The van der Waals surface area contributed by atoms with Crippen molar-refractivity contribution in [1.29, 1.82) is 0 Å². The summed E-state index contributed by atoms with van der Waals surface area (Å²) in [5, 5.41) is 12.4. The third kappa shape index (κ3) is 3.95. The van der Waals surface area contributed by atoms with E-state index < -0.39 is 0 Å². The molecular formula is C14H28N2O2. The Hall–Kier alpha value is -0.610. The largest absolute Gasteiger partial charge is 0.393 e. The summed E-state index contributed by atoms with van der Waals surface area (Å²) in [7, 11) is 0. The Bertz CT molecular complexity index is 261. The summed E-state index contributed by atoms with van der Waals surface area (Å²) in [5.41, 5.74) is 0. The van der Waals surface area contributed by atoms with E-state index in [1.807, 2.05) is 13.8 Å². The Morgan fingerprint density at radius 1 is 1.39 bits per heavy atom. The van der Waals surface area contributed by atoms with E-state index in [1.54, 1.807) is 0 Å². The molecular weight excluding hydrogens is 228 g/mol.